The minimum atomic E-state index is -1.45. The molecule has 0 aliphatic heterocycles. The third-order valence-electron chi connectivity index (χ3n) is 3.30. The van der Waals surface area contributed by atoms with Crippen LogP contribution in [0.15, 0.2) is 12.7 Å². The fourth-order valence-corrected chi connectivity index (χ4v) is 1.93. The van der Waals surface area contributed by atoms with Gasteiger partial charge in [0.2, 0.25) is 0 Å². The summed E-state index contributed by atoms with van der Waals surface area (Å²) in [4.78, 5) is 44.9. The molecule has 0 saturated carbocycles. The SMILES string of the molecule is C=CC(C(=O)OC)C(CC(C(=O)O)C(C)C(=O)O)C(=O)O. The van der Waals surface area contributed by atoms with E-state index in [1.54, 1.807) is 0 Å². The monoisotopic (exact) mass is 302 g/mol. The van der Waals surface area contributed by atoms with Gasteiger partial charge in [-0.2, -0.15) is 0 Å². The lowest BCUT2D eigenvalue weighted by molar-refractivity contribution is -0.159. The van der Waals surface area contributed by atoms with Crippen molar-refractivity contribution < 1.29 is 39.2 Å². The molecule has 0 fully saturated rings. The molecule has 0 amide bonds. The van der Waals surface area contributed by atoms with Crippen LogP contribution in [0.4, 0.5) is 0 Å². The van der Waals surface area contributed by atoms with Crippen LogP contribution in [0.2, 0.25) is 0 Å². The first-order valence-electron chi connectivity index (χ1n) is 6.06. The molecule has 3 N–H and O–H groups in total. The molecule has 0 aliphatic rings. The maximum absolute atomic E-state index is 11.5. The molecule has 4 unspecified atom stereocenters. The molecule has 4 atom stereocenters. The number of hydrogen-bond acceptors (Lipinski definition) is 5. The van der Waals surface area contributed by atoms with Crippen LogP contribution in [0.3, 0.4) is 0 Å². The second-order valence-corrected chi connectivity index (χ2v) is 4.54. The topological polar surface area (TPSA) is 138 Å². The molecule has 0 aliphatic carbocycles. The normalized spacial score (nSPS) is 16.1. The van der Waals surface area contributed by atoms with E-state index < -0.39 is 54.0 Å². The number of ether oxygens (including phenoxy) is 1. The first kappa shape index (κ1) is 18.6. The standard InChI is InChI=1S/C13H18O8/c1-4-7(13(20)21-3)9(12(18)19)5-8(11(16)17)6(2)10(14)15/h4,6-9H,1,5H2,2-3H3,(H,14,15)(H,16,17)(H,18,19). The molecule has 8 heteroatoms. The van der Waals surface area contributed by atoms with E-state index in [0.29, 0.717) is 0 Å². The predicted octanol–water partition coefficient (Wildman–Crippen LogP) is 0.474. The summed E-state index contributed by atoms with van der Waals surface area (Å²) < 4.78 is 4.45. The molecule has 0 bridgehead atoms. The average Bonchev–Trinajstić information content (AvgIpc) is 2.40. The van der Waals surface area contributed by atoms with Gasteiger partial charge < -0.3 is 20.1 Å². The first-order valence-corrected chi connectivity index (χ1v) is 6.06. The number of methoxy groups -OCH3 is 1. The molecule has 118 valence electrons. The maximum atomic E-state index is 11.5. The van der Waals surface area contributed by atoms with Crippen molar-refractivity contribution in [3.05, 3.63) is 12.7 Å². The van der Waals surface area contributed by atoms with Crippen molar-refractivity contribution in [2.75, 3.05) is 7.11 Å². The summed E-state index contributed by atoms with van der Waals surface area (Å²) >= 11 is 0. The molecule has 0 aromatic rings. The summed E-state index contributed by atoms with van der Waals surface area (Å²) in [6, 6.07) is 0. The molecule has 0 spiro atoms. The molecular formula is C13H18O8. The van der Waals surface area contributed by atoms with Crippen LogP contribution >= 0.6 is 0 Å². The van der Waals surface area contributed by atoms with Crippen molar-refractivity contribution >= 4 is 23.9 Å². The molecule has 0 heterocycles. The van der Waals surface area contributed by atoms with Gasteiger partial charge in [-0.15, -0.1) is 6.58 Å². The number of carboxylic acid groups (broad SMARTS) is 3. The summed E-state index contributed by atoms with van der Waals surface area (Å²) in [5, 5.41) is 27.1. The highest BCUT2D eigenvalue weighted by molar-refractivity contribution is 5.84. The summed E-state index contributed by atoms with van der Waals surface area (Å²) in [6.45, 7) is 4.51. The molecule has 0 radical (unpaired) electrons. The van der Waals surface area contributed by atoms with Crippen molar-refractivity contribution in [1.82, 2.24) is 0 Å². The highest BCUT2D eigenvalue weighted by Crippen LogP contribution is 2.28. The Labute approximate surface area is 121 Å². The van der Waals surface area contributed by atoms with Crippen molar-refractivity contribution in [3.8, 4) is 0 Å². The zero-order chi connectivity index (χ0) is 16.7. The lowest BCUT2D eigenvalue weighted by Crippen LogP contribution is -2.36. The molecule has 0 saturated heterocycles. The van der Waals surface area contributed by atoms with Crippen LogP contribution < -0.4 is 0 Å². The summed E-state index contributed by atoms with van der Waals surface area (Å²) in [7, 11) is 1.06. The average molecular weight is 302 g/mol. The second-order valence-electron chi connectivity index (χ2n) is 4.54. The Bertz CT molecular complexity index is 441. The summed E-state index contributed by atoms with van der Waals surface area (Å²) in [5.41, 5.74) is 0. The maximum Gasteiger partial charge on any atom is 0.313 e. The third-order valence-corrected chi connectivity index (χ3v) is 3.30. The molecule has 21 heavy (non-hydrogen) atoms. The van der Waals surface area contributed by atoms with Gasteiger partial charge in [0, 0.05) is 0 Å². The van der Waals surface area contributed by atoms with Crippen LogP contribution in [0, 0.1) is 23.7 Å². The fraction of sp³-hybridized carbons (Fsp3) is 0.538. The highest BCUT2D eigenvalue weighted by Gasteiger charge is 2.39. The number of carbonyl (C=O) groups is 4. The first-order chi connectivity index (χ1) is 9.67. The van der Waals surface area contributed by atoms with Gasteiger partial charge in [0.15, 0.2) is 0 Å². The van der Waals surface area contributed by atoms with Crippen molar-refractivity contribution in [2.45, 2.75) is 13.3 Å². The highest BCUT2D eigenvalue weighted by atomic mass is 16.5. The lowest BCUT2D eigenvalue weighted by atomic mass is 9.79. The van der Waals surface area contributed by atoms with E-state index in [1.807, 2.05) is 0 Å². The van der Waals surface area contributed by atoms with Crippen molar-refractivity contribution in [2.24, 2.45) is 23.7 Å². The molecule has 0 aromatic heterocycles. The van der Waals surface area contributed by atoms with Crippen LogP contribution in [0.1, 0.15) is 13.3 Å². The lowest BCUT2D eigenvalue weighted by Gasteiger charge is -2.24. The molecular weight excluding hydrogens is 284 g/mol. The van der Waals surface area contributed by atoms with E-state index in [4.69, 9.17) is 10.2 Å². The number of rotatable bonds is 9. The molecule has 8 nitrogen and oxygen atoms in total. The van der Waals surface area contributed by atoms with Gasteiger partial charge in [-0.3, -0.25) is 19.2 Å². The van der Waals surface area contributed by atoms with Crippen LogP contribution in [0.5, 0.6) is 0 Å². The number of esters is 1. The van der Waals surface area contributed by atoms with Crippen LogP contribution in [-0.2, 0) is 23.9 Å². The Kier molecular flexibility index (Phi) is 7.12. The van der Waals surface area contributed by atoms with Gasteiger partial charge in [-0.05, 0) is 6.42 Å². The van der Waals surface area contributed by atoms with E-state index in [9.17, 15) is 24.3 Å². The zero-order valence-electron chi connectivity index (χ0n) is 11.7. The summed E-state index contributed by atoms with van der Waals surface area (Å²) in [6.07, 6.45) is 0.527. The number of carboxylic acids is 3. The van der Waals surface area contributed by atoms with Gasteiger partial charge in [0.1, 0.15) is 0 Å². The molecule has 0 aromatic carbocycles. The Hall–Kier alpha value is -2.38. The minimum absolute atomic E-state index is 0.524. The number of aliphatic carboxylic acids is 3. The van der Waals surface area contributed by atoms with E-state index in [2.05, 4.69) is 11.3 Å². The van der Waals surface area contributed by atoms with E-state index in [1.165, 1.54) is 6.92 Å². The quantitative estimate of drug-likeness (QED) is 0.413. The second kappa shape index (κ2) is 8.03. The molecule has 0 rings (SSSR count). The van der Waals surface area contributed by atoms with Gasteiger partial charge in [0.05, 0.1) is 30.8 Å². The largest absolute Gasteiger partial charge is 0.481 e. The van der Waals surface area contributed by atoms with E-state index >= 15 is 0 Å². The smallest absolute Gasteiger partial charge is 0.313 e. The van der Waals surface area contributed by atoms with Gasteiger partial charge in [-0.1, -0.05) is 13.0 Å². The van der Waals surface area contributed by atoms with Crippen molar-refractivity contribution in [1.29, 1.82) is 0 Å². The summed E-state index contributed by atoms with van der Waals surface area (Å²) in [5.74, 6) is -10.5. The minimum Gasteiger partial charge on any atom is -0.481 e. The number of hydrogen-bond donors (Lipinski definition) is 3. The van der Waals surface area contributed by atoms with Crippen LogP contribution in [0.25, 0.3) is 0 Å². The van der Waals surface area contributed by atoms with Crippen LogP contribution in [-0.4, -0.2) is 46.3 Å². The van der Waals surface area contributed by atoms with Gasteiger partial charge >= 0.3 is 23.9 Å². The van der Waals surface area contributed by atoms with E-state index in [0.717, 1.165) is 13.2 Å². The Balaban J connectivity index is 5.42. The zero-order valence-corrected chi connectivity index (χ0v) is 11.7. The Morgan fingerprint density at radius 3 is 1.81 bits per heavy atom. The third kappa shape index (κ3) is 4.90. The Morgan fingerprint density at radius 1 is 1.05 bits per heavy atom. The fourth-order valence-electron chi connectivity index (χ4n) is 1.93. The number of carbonyl (C=O) groups excluding carboxylic acids is 1. The van der Waals surface area contributed by atoms with Gasteiger partial charge in [-0.25, -0.2) is 0 Å². The van der Waals surface area contributed by atoms with Gasteiger partial charge in [0.25, 0.3) is 0 Å². The van der Waals surface area contributed by atoms with Crippen molar-refractivity contribution in [3.63, 3.8) is 0 Å². The Morgan fingerprint density at radius 2 is 1.52 bits per heavy atom. The van der Waals surface area contributed by atoms with E-state index in [-0.39, 0.29) is 0 Å². The predicted molar refractivity (Wildman–Crippen MR) is 69.4 cm³/mol.